The van der Waals surface area contributed by atoms with Crippen molar-refractivity contribution in [2.45, 2.75) is 56.8 Å². The molecule has 1 aliphatic carbocycles. The quantitative estimate of drug-likeness (QED) is 0.579. The third kappa shape index (κ3) is 6.66. The highest BCUT2D eigenvalue weighted by Crippen LogP contribution is 2.37. The van der Waals surface area contributed by atoms with Gasteiger partial charge in [0.1, 0.15) is 6.54 Å². The Labute approximate surface area is 152 Å². The maximum atomic E-state index is 13.0. The van der Waals surface area contributed by atoms with Gasteiger partial charge in [-0.3, -0.25) is 4.79 Å². The van der Waals surface area contributed by atoms with Crippen LogP contribution >= 0.6 is 0 Å². The Morgan fingerprint density at radius 2 is 1.77 bits per heavy atom. The lowest BCUT2D eigenvalue weighted by molar-refractivity contribution is -0.183. The minimum atomic E-state index is -4.16. The van der Waals surface area contributed by atoms with Crippen LogP contribution in [-0.4, -0.2) is 68.9 Å². The van der Waals surface area contributed by atoms with Crippen LogP contribution in [0.1, 0.15) is 38.5 Å². The molecule has 1 saturated carbocycles. The molecule has 0 aromatic heterocycles. The summed E-state index contributed by atoms with van der Waals surface area (Å²) >= 11 is 0. The summed E-state index contributed by atoms with van der Waals surface area (Å²) in [6.07, 6.45) is -1.13. The number of carbonyl (C=O) groups is 1. The van der Waals surface area contributed by atoms with Crippen molar-refractivity contribution < 1.29 is 22.7 Å². The molecule has 1 heterocycles. The highest BCUT2D eigenvalue weighted by Gasteiger charge is 2.42. The molecule has 2 unspecified atom stereocenters. The molecule has 1 amide bonds. The third-order valence-electron chi connectivity index (χ3n) is 4.91. The van der Waals surface area contributed by atoms with Crippen LogP contribution < -0.4 is 10.6 Å². The minimum absolute atomic E-state index is 0.0407. The first-order chi connectivity index (χ1) is 12.3. The molecule has 26 heavy (non-hydrogen) atoms. The Morgan fingerprint density at radius 3 is 2.38 bits per heavy atom. The molecule has 0 bridgehead atoms. The monoisotopic (exact) mass is 378 g/mol. The molecule has 2 atom stereocenters. The Kier molecular flexibility index (Phi) is 7.55. The highest BCUT2D eigenvalue weighted by atomic mass is 19.4. The second kappa shape index (κ2) is 9.43. The predicted molar refractivity (Wildman–Crippen MR) is 92.9 cm³/mol. The number of carbonyl (C=O) groups excluding carboxylic acids is 1. The molecule has 2 aliphatic rings. The van der Waals surface area contributed by atoms with Crippen molar-refractivity contribution in [2.24, 2.45) is 10.9 Å². The maximum absolute atomic E-state index is 13.0. The average molecular weight is 378 g/mol. The Morgan fingerprint density at radius 1 is 1.12 bits per heavy atom. The highest BCUT2D eigenvalue weighted by molar-refractivity contribution is 5.85. The van der Waals surface area contributed by atoms with E-state index in [0.717, 1.165) is 12.8 Å². The van der Waals surface area contributed by atoms with Crippen molar-refractivity contribution in [3.05, 3.63) is 0 Å². The van der Waals surface area contributed by atoms with E-state index in [4.69, 9.17) is 4.74 Å². The number of halogens is 3. The second-order valence-electron chi connectivity index (χ2n) is 7.23. The van der Waals surface area contributed by atoms with Crippen LogP contribution in [-0.2, 0) is 9.53 Å². The lowest BCUT2D eigenvalue weighted by Gasteiger charge is -2.33. The van der Waals surface area contributed by atoms with Gasteiger partial charge in [-0.1, -0.05) is 6.42 Å². The van der Waals surface area contributed by atoms with Crippen LogP contribution in [0.2, 0.25) is 0 Å². The van der Waals surface area contributed by atoms with E-state index in [1.807, 2.05) is 0 Å². The van der Waals surface area contributed by atoms with Crippen LogP contribution in [0.4, 0.5) is 13.2 Å². The number of nitrogens with zero attached hydrogens (tertiary/aromatic N) is 2. The number of hydrogen-bond donors (Lipinski definition) is 2. The van der Waals surface area contributed by atoms with Crippen LogP contribution in [0.25, 0.3) is 0 Å². The molecule has 150 valence electrons. The van der Waals surface area contributed by atoms with Crippen molar-refractivity contribution in [1.82, 2.24) is 15.5 Å². The minimum Gasteiger partial charge on any atom is -0.381 e. The van der Waals surface area contributed by atoms with Gasteiger partial charge in [0.15, 0.2) is 5.96 Å². The molecular weight excluding hydrogens is 349 g/mol. The average Bonchev–Trinajstić information content (AvgIpc) is 2.59. The topological polar surface area (TPSA) is 66.0 Å². The molecule has 0 radical (unpaired) electrons. The van der Waals surface area contributed by atoms with E-state index in [9.17, 15) is 18.0 Å². The number of guanidine groups is 1. The van der Waals surface area contributed by atoms with Crippen molar-refractivity contribution in [3.63, 3.8) is 0 Å². The lowest BCUT2D eigenvalue weighted by atomic mass is 9.85. The molecule has 2 rings (SSSR count). The number of likely N-dealkylation sites (N-methyl/N-ethyl adjacent to an activating group) is 1. The zero-order valence-electron chi connectivity index (χ0n) is 15.4. The van der Waals surface area contributed by atoms with Gasteiger partial charge in [0, 0.05) is 39.4 Å². The fourth-order valence-corrected chi connectivity index (χ4v) is 3.27. The molecule has 1 saturated heterocycles. The van der Waals surface area contributed by atoms with E-state index in [2.05, 4.69) is 15.6 Å². The summed E-state index contributed by atoms with van der Waals surface area (Å²) in [5.74, 6) is -1.02. The van der Waals surface area contributed by atoms with Crippen molar-refractivity contribution in [3.8, 4) is 0 Å². The van der Waals surface area contributed by atoms with Crippen LogP contribution in [0, 0.1) is 5.92 Å². The first-order valence-electron chi connectivity index (χ1n) is 9.18. The number of nitrogens with one attached hydrogen (secondary N) is 2. The SMILES string of the molecule is CN(C)C(=O)CN=C(NC1CCOCC1)NC1CCCC(C(F)(F)F)C1. The summed E-state index contributed by atoms with van der Waals surface area (Å²) in [6.45, 7) is 1.24. The first-order valence-corrected chi connectivity index (χ1v) is 9.18. The molecule has 1 aliphatic heterocycles. The molecule has 9 heteroatoms. The van der Waals surface area contributed by atoms with Gasteiger partial charge in [-0.25, -0.2) is 4.99 Å². The van der Waals surface area contributed by atoms with E-state index in [1.165, 1.54) is 4.90 Å². The molecule has 6 nitrogen and oxygen atoms in total. The van der Waals surface area contributed by atoms with Crippen molar-refractivity contribution in [1.29, 1.82) is 0 Å². The summed E-state index contributed by atoms with van der Waals surface area (Å²) in [5, 5.41) is 6.38. The Balaban J connectivity index is 1.99. The number of alkyl halides is 3. The standard InChI is InChI=1S/C17H29F3N4O2/c1-24(2)15(25)11-21-16(22-13-6-8-26-9-7-13)23-14-5-3-4-12(10-14)17(18,19)20/h12-14H,3-11H2,1-2H3,(H2,21,22,23). The van der Waals surface area contributed by atoms with Gasteiger partial charge >= 0.3 is 6.18 Å². The predicted octanol–water partition coefficient (Wildman–Crippen LogP) is 1.91. The van der Waals surface area contributed by atoms with Crippen molar-refractivity contribution >= 4 is 11.9 Å². The number of amides is 1. The van der Waals surface area contributed by atoms with E-state index >= 15 is 0 Å². The maximum Gasteiger partial charge on any atom is 0.391 e. The molecule has 2 fully saturated rings. The van der Waals surface area contributed by atoms with E-state index in [1.54, 1.807) is 14.1 Å². The summed E-state index contributed by atoms with van der Waals surface area (Å²) in [7, 11) is 3.29. The Bertz CT molecular complexity index is 491. The normalized spacial score (nSPS) is 25.7. The number of hydrogen-bond acceptors (Lipinski definition) is 3. The summed E-state index contributed by atoms with van der Waals surface area (Å²) < 4.78 is 44.4. The number of ether oxygens (including phenoxy) is 1. The first kappa shape index (κ1) is 20.8. The molecule has 0 spiro atoms. The van der Waals surface area contributed by atoms with Gasteiger partial charge in [0.25, 0.3) is 0 Å². The van der Waals surface area contributed by atoms with Crippen LogP contribution in [0.15, 0.2) is 4.99 Å². The van der Waals surface area contributed by atoms with E-state index in [0.29, 0.717) is 32.0 Å². The largest absolute Gasteiger partial charge is 0.391 e. The zero-order valence-corrected chi connectivity index (χ0v) is 15.4. The van der Waals surface area contributed by atoms with Gasteiger partial charge in [-0.2, -0.15) is 13.2 Å². The number of rotatable bonds is 4. The van der Waals surface area contributed by atoms with Gasteiger partial charge in [-0.05, 0) is 32.1 Å². The van der Waals surface area contributed by atoms with Gasteiger partial charge in [0.05, 0.1) is 5.92 Å². The van der Waals surface area contributed by atoms with Crippen molar-refractivity contribution in [2.75, 3.05) is 33.9 Å². The zero-order chi connectivity index (χ0) is 19.2. The lowest BCUT2D eigenvalue weighted by Crippen LogP contribution is -2.51. The Hall–Kier alpha value is -1.51. The summed E-state index contributed by atoms with van der Waals surface area (Å²) in [4.78, 5) is 17.6. The number of aliphatic imine (C=N–C) groups is 1. The fourth-order valence-electron chi connectivity index (χ4n) is 3.27. The summed E-state index contributed by atoms with van der Waals surface area (Å²) in [5.41, 5.74) is 0. The second-order valence-corrected chi connectivity index (χ2v) is 7.23. The molecule has 2 N–H and O–H groups in total. The van der Waals surface area contributed by atoms with E-state index in [-0.39, 0.29) is 37.4 Å². The van der Waals surface area contributed by atoms with Crippen LogP contribution in [0.5, 0.6) is 0 Å². The third-order valence-corrected chi connectivity index (χ3v) is 4.91. The molecular formula is C17H29F3N4O2. The smallest absolute Gasteiger partial charge is 0.381 e. The molecule has 0 aromatic rings. The molecule has 0 aromatic carbocycles. The van der Waals surface area contributed by atoms with Crippen LogP contribution in [0.3, 0.4) is 0 Å². The van der Waals surface area contributed by atoms with Gasteiger partial charge in [0.2, 0.25) is 5.91 Å². The van der Waals surface area contributed by atoms with Gasteiger partial charge < -0.3 is 20.3 Å². The van der Waals surface area contributed by atoms with Gasteiger partial charge in [-0.15, -0.1) is 0 Å². The summed E-state index contributed by atoms with van der Waals surface area (Å²) in [6, 6.07) is -0.151. The van der Waals surface area contributed by atoms with E-state index < -0.39 is 12.1 Å². The fraction of sp³-hybridized carbons (Fsp3) is 0.882.